The molecule has 0 saturated carbocycles. The molecule has 0 fully saturated rings. The van der Waals surface area contributed by atoms with Crippen LogP contribution in [0.15, 0.2) is 72.9 Å². The van der Waals surface area contributed by atoms with Crippen LogP contribution >= 0.6 is 0 Å². The Morgan fingerprint density at radius 2 is 1.79 bits per heavy atom. The van der Waals surface area contributed by atoms with E-state index in [1.165, 1.54) is 10.9 Å². The molecule has 0 spiro atoms. The first kappa shape index (κ1) is 18.7. The summed E-state index contributed by atoms with van der Waals surface area (Å²) in [5, 5.41) is 12.8. The highest BCUT2D eigenvalue weighted by atomic mass is 16.2. The molecule has 0 saturated heterocycles. The molecule has 1 amide bonds. The van der Waals surface area contributed by atoms with Gasteiger partial charge < -0.3 is 15.2 Å². The van der Waals surface area contributed by atoms with Gasteiger partial charge in [0.1, 0.15) is 5.82 Å². The molecule has 6 nitrogen and oxygen atoms in total. The van der Waals surface area contributed by atoms with E-state index in [2.05, 4.69) is 32.6 Å². The van der Waals surface area contributed by atoms with E-state index in [4.69, 9.17) is 0 Å². The van der Waals surface area contributed by atoms with Crippen molar-refractivity contribution in [2.24, 2.45) is 0 Å². The van der Waals surface area contributed by atoms with Gasteiger partial charge in [-0.2, -0.15) is 0 Å². The smallest absolute Gasteiger partial charge is 0.278 e. The third-order valence-corrected chi connectivity index (χ3v) is 4.89. The molecule has 4 aromatic rings. The predicted octanol–water partition coefficient (Wildman–Crippen LogP) is 4.28. The SMILES string of the molecule is CCN(C(=O)c1ccc(NCCc2c[nH]c3ccccc23)nn1)c1ccccc1. The van der Waals surface area contributed by atoms with E-state index in [1.807, 2.05) is 55.6 Å². The van der Waals surface area contributed by atoms with Crippen LogP contribution in [-0.2, 0) is 6.42 Å². The highest BCUT2D eigenvalue weighted by Crippen LogP contribution is 2.18. The molecule has 2 heterocycles. The average molecular weight is 385 g/mol. The van der Waals surface area contributed by atoms with Crippen molar-refractivity contribution in [2.75, 3.05) is 23.3 Å². The Kier molecular flexibility index (Phi) is 5.52. The number of hydrogen-bond acceptors (Lipinski definition) is 4. The van der Waals surface area contributed by atoms with Crippen molar-refractivity contribution in [3.8, 4) is 0 Å². The second kappa shape index (κ2) is 8.56. The highest BCUT2D eigenvalue weighted by molar-refractivity contribution is 6.04. The van der Waals surface area contributed by atoms with Gasteiger partial charge in [-0.05, 0) is 49.2 Å². The van der Waals surface area contributed by atoms with Crippen LogP contribution in [0, 0.1) is 0 Å². The number of fused-ring (bicyclic) bond motifs is 1. The van der Waals surface area contributed by atoms with E-state index in [-0.39, 0.29) is 5.91 Å². The molecule has 0 aliphatic heterocycles. The summed E-state index contributed by atoms with van der Waals surface area (Å²) in [6.45, 7) is 3.24. The Morgan fingerprint density at radius 1 is 1.00 bits per heavy atom. The van der Waals surface area contributed by atoms with Gasteiger partial charge in [0.25, 0.3) is 5.91 Å². The molecule has 0 bridgehead atoms. The highest BCUT2D eigenvalue weighted by Gasteiger charge is 2.17. The van der Waals surface area contributed by atoms with Crippen molar-refractivity contribution in [1.29, 1.82) is 0 Å². The normalized spacial score (nSPS) is 10.8. The Balaban J connectivity index is 1.38. The number of anilines is 2. The van der Waals surface area contributed by atoms with Crippen LogP contribution in [0.4, 0.5) is 11.5 Å². The molecule has 0 unspecified atom stereocenters. The zero-order valence-corrected chi connectivity index (χ0v) is 16.3. The number of hydrogen-bond donors (Lipinski definition) is 2. The monoisotopic (exact) mass is 385 g/mol. The molecule has 2 aromatic heterocycles. The van der Waals surface area contributed by atoms with E-state index >= 15 is 0 Å². The van der Waals surface area contributed by atoms with Crippen molar-refractivity contribution in [3.05, 3.63) is 84.2 Å². The van der Waals surface area contributed by atoms with E-state index in [0.717, 1.165) is 24.2 Å². The van der Waals surface area contributed by atoms with E-state index in [9.17, 15) is 4.79 Å². The summed E-state index contributed by atoms with van der Waals surface area (Å²) in [4.78, 5) is 17.8. The number of nitrogens with zero attached hydrogens (tertiary/aromatic N) is 3. The summed E-state index contributed by atoms with van der Waals surface area (Å²) >= 11 is 0. The van der Waals surface area contributed by atoms with E-state index in [0.29, 0.717) is 18.1 Å². The fourth-order valence-corrected chi connectivity index (χ4v) is 3.39. The molecular weight excluding hydrogens is 362 g/mol. The largest absolute Gasteiger partial charge is 0.368 e. The topological polar surface area (TPSA) is 73.9 Å². The first-order chi connectivity index (χ1) is 14.3. The Labute approximate surface area is 169 Å². The molecule has 2 aromatic carbocycles. The van der Waals surface area contributed by atoms with Crippen molar-refractivity contribution in [3.63, 3.8) is 0 Å². The quantitative estimate of drug-likeness (QED) is 0.498. The summed E-state index contributed by atoms with van der Waals surface area (Å²) in [6.07, 6.45) is 2.91. The molecular formula is C23H23N5O. The summed E-state index contributed by atoms with van der Waals surface area (Å²) in [5.41, 5.74) is 3.58. The van der Waals surface area contributed by atoms with Crippen LogP contribution in [0.5, 0.6) is 0 Å². The van der Waals surface area contributed by atoms with Gasteiger partial charge in [0.2, 0.25) is 0 Å². The molecule has 0 radical (unpaired) electrons. The number of carbonyl (C=O) groups is 1. The zero-order chi connectivity index (χ0) is 20.1. The first-order valence-electron chi connectivity index (χ1n) is 9.76. The predicted molar refractivity (Wildman–Crippen MR) is 116 cm³/mol. The minimum Gasteiger partial charge on any atom is -0.368 e. The molecule has 0 aliphatic rings. The van der Waals surface area contributed by atoms with Gasteiger partial charge in [0.15, 0.2) is 5.69 Å². The van der Waals surface area contributed by atoms with Crippen LogP contribution in [0.2, 0.25) is 0 Å². The maximum Gasteiger partial charge on any atom is 0.278 e. The van der Waals surface area contributed by atoms with Crippen LogP contribution in [0.3, 0.4) is 0 Å². The van der Waals surface area contributed by atoms with Crippen LogP contribution in [0.1, 0.15) is 23.0 Å². The van der Waals surface area contributed by atoms with Crippen LogP contribution in [-0.4, -0.2) is 34.2 Å². The van der Waals surface area contributed by atoms with Crippen LogP contribution < -0.4 is 10.2 Å². The Morgan fingerprint density at radius 3 is 2.55 bits per heavy atom. The molecule has 146 valence electrons. The second-order valence-electron chi connectivity index (χ2n) is 6.73. The van der Waals surface area contributed by atoms with Gasteiger partial charge in [-0.1, -0.05) is 36.4 Å². The number of amides is 1. The molecule has 6 heteroatoms. The van der Waals surface area contributed by atoms with E-state index in [1.54, 1.807) is 17.0 Å². The summed E-state index contributed by atoms with van der Waals surface area (Å²) < 4.78 is 0. The lowest BCUT2D eigenvalue weighted by atomic mass is 10.1. The van der Waals surface area contributed by atoms with Gasteiger partial charge in [-0.25, -0.2) is 0 Å². The fraction of sp³-hybridized carbons (Fsp3) is 0.174. The standard InChI is InChI=1S/C23H23N5O/c1-2-28(18-8-4-3-5-9-18)23(29)21-12-13-22(27-26-21)24-15-14-17-16-25-20-11-7-6-10-19(17)20/h3-13,16,25H,2,14-15H2,1H3,(H,24,27). The number of aromatic nitrogens is 3. The lowest BCUT2D eigenvalue weighted by molar-refractivity contribution is 0.0982. The number of nitrogens with one attached hydrogen (secondary N) is 2. The minimum absolute atomic E-state index is 0.156. The molecule has 0 aliphatic carbocycles. The molecule has 4 rings (SSSR count). The lowest BCUT2D eigenvalue weighted by Gasteiger charge is -2.20. The maximum atomic E-state index is 12.8. The van der Waals surface area contributed by atoms with Gasteiger partial charge in [0, 0.05) is 35.9 Å². The second-order valence-corrected chi connectivity index (χ2v) is 6.73. The number of H-pyrrole nitrogens is 1. The Bertz CT molecular complexity index is 1090. The third-order valence-electron chi connectivity index (χ3n) is 4.89. The molecule has 0 atom stereocenters. The summed E-state index contributed by atoms with van der Waals surface area (Å²) in [7, 11) is 0. The number of para-hydroxylation sites is 2. The first-order valence-corrected chi connectivity index (χ1v) is 9.76. The van der Waals surface area contributed by atoms with E-state index < -0.39 is 0 Å². The van der Waals surface area contributed by atoms with Gasteiger partial charge in [0.05, 0.1) is 0 Å². The summed E-state index contributed by atoms with van der Waals surface area (Å²) in [5.74, 6) is 0.501. The Hall–Kier alpha value is -3.67. The van der Waals surface area contributed by atoms with Crippen molar-refractivity contribution >= 4 is 28.3 Å². The third kappa shape index (κ3) is 4.11. The van der Waals surface area contributed by atoms with Crippen molar-refractivity contribution < 1.29 is 4.79 Å². The minimum atomic E-state index is -0.156. The van der Waals surface area contributed by atoms with Crippen molar-refractivity contribution in [2.45, 2.75) is 13.3 Å². The van der Waals surface area contributed by atoms with Gasteiger partial charge in [-0.3, -0.25) is 4.79 Å². The average Bonchev–Trinajstić information content (AvgIpc) is 3.19. The number of carbonyl (C=O) groups excluding carboxylic acids is 1. The maximum absolute atomic E-state index is 12.8. The lowest BCUT2D eigenvalue weighted by Crippen LogP contribution is -2.31. The number of rotatable bonds is 7. The number of aromatic amines is 1. The summed E-state index contributed by atoms with van der Waals surface area (Å²) in [6, 6.07) is 21.4. The van der Waals surface area contributed by atoms with Crippen molar-refractivity contribution in [1.82, 2.24) is 15.2 Å². The molecule has 2 N–H and O–H groups in total. The fourth-order valence-electron chi connectivity index (χ4n) is 3.39. The number of benzene rings is 2. The molecule has 29 heavy (non-hydrogen) atoms. The zero-order valence-electron chi connectivity index (χ0n) is 16.3. The van der Waals surface area contributed by atoms with Gasteiger partial charge >= 0.3 is 0 Å². The van der Waals surface area contributed by atoms with Crippen LogP contribution in [0.25, 0.3) is 10.9 Å². The van der Waals surface area contributed by atoms with Gasteiger partial charge in [-0.15, -0.1) is 10.2 Å².